The summed E-state index contributed by atoms with van der Waals surface area (Å²) in [4.78, 5) is 24.0. The Hall–Kier alpha value is -2.54. The fourth-order valence-corrected chi connectivity index (χ4v) is 3.01. The summed E-state index contributed by atoms with van der Waals surface area (Å²) in [6.07, 6.45) is 0.587. The van der Waals surface area contributed by atoms with E-state index in [1.165, 1.54) is 12.1 Å². The monoisotopic (exact) mass is 377 g/mol. The first-order valence-corrected chi connectivity index (χ1v) is 9.00. The average Bonchev–Trinajstić information content (AvgIpc) is 2.63. The quantitative estimate of drug-likeness (QED) is 0.516. The van der Waals surface area contributed by atoms with Gasteiger partial charge in [0.25, 0.3) is 5.91 Å². The molecule has 0 aliphatic heterocycles. The Balaban J connectivity index is 1.80. The van der Waals surface area contributed by atoms with Crippen LogP contribution in [0.15, 0.2) is 53.4 Å². The lowest BCUT2D eigenvalue weighted by molar-refractivity contribution is -0.136. The smallest absolute Gasteiger partial charge is 0.316 e. The Bertz CT molecular complexity index is 751. The Morgan fingerprint density at radius 2 is 1.88 bits per heavy atom. The van der Waals surface area contributed by atoms with E-state index < -0.39 is 11.2 Å². The molecule has 2 aromatic carbocycles. The molecule has 0 aliphatic carbocycles. The molecule has 0 aliphatic rings. The van der Waals surface area contributed by atoms with Gasteiger partial charge in [-0.3, -0.25) is 9.59 Å². The van der Waals surface area contributed by atoms with Gasteiger partial charge in [0.15, 0.2) is 0 Å². The van der Waals surface area contributed by atoms with Crippen LogP contribution in [0.25, 0.3) is 0 Å². The van der Waals surface area contributed by atoms with E-state index >= 15 is 0 Å². The molecule has 2 N–H and O–H groups in total. The van der Waals surface area contributed by atoms with Crippen molar-refractivity contribution in [2.45, 2.75) is 23.5 Å². The molecule has 0 bridgehead atoms. The minimum absolute atomic E-state index is 0.257. The molecule has 138 valence electrons. The number of benzene rings is 2. The molecule has 1 unspecified atom stereocenters. The van der Waals surface area contributed by atoms with Crippen LogP contribution in [-0.2, 0) is 4.79 Å². The van der Waals surface area contributed by atoms with E-state index in [1.54, 1.807) is 43.3 Å². The van der Waals surface area contributed by atoms with Gasteiger partial charge in [0, 0.05) is 11.4 Å². The van der Waals surface area contributed by atoms with Gasteiger partial charge in [0.05, 0.1) is 12.2 Å². The SMILES string of the molecule is CC(Sc1ccccc1C(=O)NCCCOc1ccc(F)cc1)C(=O)O. The topological polar surface area (TPSA) is 75.6 Å². The van der Waals surface area contributed by atoms with Crippen LogP contribution in [0.2, 0.25) is 0 Å². The van der Waals surface area contributed by atoms with Crippen molar-refractivity contribution in [1.29, 1.82) is 0 Å². The second kappa shape index (κ2) is 9.82. The minimum Gasteiger partial charge on any atom is -0.494 e. The Morgan fingerprint density at radius 3 is 2.58 bits per heavy atom. The van der Waals surface area contributed by atoms with Gasteiger partial charge in [-0.1, -0.05) is 12.1 Å². The van der Waals surface area contributed by atoms with Crippen molar-refractivity contribution >= 4 is 23.6 Å². The summed E-state index contributed by atoms with van der Waals surface area (Å²) in [6.45, 7) is 2.38. The van der Waals surface area contributed by atoms with Crippen molar-refractivity contribution < 1.29 is 23.8 Å². The number of hydrogen-bond donors (Lipinski definition) is 2. The second-order valence-electron chi connectivity index (χ2n) is 5.51. The maximum absolute atomic E-state index is 12.8. The summed E-state index contributed by atoms with van der Waals surface area (Å²) in [7, 11) is 0. The number of ether oxygens (including phenoxy) is 1. The van der Waals surface area contributed by atoms with Gasteiger partial charge in [-0.05, 0) is 49.7 Å². The fourth-order valence-electron chi connectivity index (χ4n) is 2.09. The number of rotatable bonds is 9. The molecule has 5 nitrogen and oxygen atoms in total. The molecule has 2 rings (SSSR count). The Morgan fingerprint density at radius 1 is 1.19 bits per heavy atom. The van der Waals surface area contributed by atoms with Crippen molar-refractivity contribution in [1.82, 2.24) is 5.32 Å². The van der Waals surface area contributed by atoms with Crippen LogP contribution in [0, 0.1) is 5.82 Å². The predicted octanol–water partition coefficient (Wildman–Crippen LogP) is 3.59. The highest BCUT2D eigenvalue weighted by Crippen LogP contribution is 2.26. The molecular weight excluding hydrogens is 357 g/mol. The number of carbonyl (C=O) groups excluding carboxylic acids is 1. The zero-order valence-electron chi connectivity index (χ0n) is 14.3. The highest BCUT2D eigenvalue weighted by atomic mass is 32.2. The highest BCUT2D eigenvalue weighted by Gasteiger charge is 2.17. The predicted molar refractivity (Wildman–Crippen MR) is 98.2 cm³/mol. The largest absolute Gasteiger partial charge is 0.494 e. The van der Waals surface area contributed by atoms with Crippen molar-refractivity contribution in [2.75, 3.05) is 13.2 Å². The molecule has 0 radical (unpaired) electrons. The molecule has 0 saturated heterocycles. The van der Waals surface area contributed by atoms with Gasteiger partial charge < -0.3 is 15.2 Å². The van der Waals surface area contributed by atoms with Crippen molar-refractivity contribution in [3.05, 3.63) is 59.9 Å². The zero-order valence-corrected chi connectivity index (χ0v) is 15.1. The number of carboxylic acids is 1. The third-order valence-electron chi connectivity index (χ3n) is 3.47. The first-order chi connectivity index (χ1) is 12.5. The first kappa shape index (κ1) is 19.8. The van der Waals surface area contributed by atoms with Gasteiger partial charge in [-0.25, -0.2) is 4.39 Å². The molecule has 7 heteroatoms. The molecule has 0 heterocycles. The van der Waals surface area contributed by atoms with Crippen LogP contribution >= 0.6 is 11.8 Å². The lowest BCUT2D eigenvalue weighted by atomic mass is 10.2. The normalized spacial score (nSPS) is 11.6. The number of aliphatic carboxylic acids is 1. The molecule has 1 atom stereocenters. The molecule has 1 amide bonds. The zero-order chi connectivity index (χ0) is 18.9. The van der Waals surface area contributed by atoms with Crippen LogP contribution in [0.3, 0.4) is 0 Å². The molecule has 0 aromatic heterocycles. The Labute approximate surface area is 155 Å². The lowest BCUT2D eigenvalue weighted by Gasteiger charge is -2.12. The van der Waals surface area contributed by atoms with Crippen molar-refractivity contribution in [3.8, 4) is 5.75 Å². The highest BCUT2D eigenvalue weighted by molar-refractivity contribution is 8.00. The number of nitrogens with one attached hydrogen (secondary N) is 1. The third-order valence-corrected chi connectivity index (χ3v) is 4.64. The fraction of sp³-hybridized carbons (Fsp3) is 0.263. The van der Waals surface area contributed by atoms with E-state index in [1.807, 2.05) is 0 Å². The number of halogens is 1. The van der Waals surface area contributed by atoms with Crippen LogP contribution in [0.5, 0.6) is 5.75 Å². The van der Waals surface area contributed by atoms with Gasteiger partial charge >= 0.3 is 5.97 Å². The average molecular weight is 377 g/mol. The van der Waals surface area contributed by atoms with Crippen LogP contribution in [0.1, 0.15) is 23.7 Å². The summed E-state index contributed by atoms with van der Waals surface area (Å²) in [6, 6.07) is 12.6. The van der Waals surface area contributed by atoms with Crippen LogP contribution in [0.4, 0.5) is 4.39 Å². The number of thioether (sulfide) groups is 1. The molecule has 2 aromatic rings. The van der Waals surface area contributed by atoms with E-state index in [2.05, 4.69) is 5.32 Å². The van der Waals surface area contributed by atoms with E-state index in [0.717, 1.165) is 11.8 Å². The maximum Gasteiger partial charge on any atom is 0.316 e. The minimum atomic E-state index is -0.928. The summed E-state index contributed by atoms with van der Waals surface area (Å²) in [5.74, 6) is -0.934. The molecule has 0 fully saturated rings. The number of carboxylic acid groups (broad SMARTS) is 1. The third kappa shape index (κ3) is 6.07. The molecular formula is C19H20FNO4S. The van der Waals surface area contributed by atoms with Crippen LogP contribution in [-0.4, -0.2) is 35.4 Å². The number of carbonyl (C=O) groups is 2. The maximum atomic E-state index is 12.8. The summed E-state index contributed by atoms with van der Waals surface area (Å²) < 4.78 is 18.3. The Kier molecular flexibility index (Phi) is 7.47. The standard InChI is InChI=1S/C19H20FNO4S/c1-13(19(23)24)26-17-6-3-2-5-16(17)18(22)21-11-4-12-25-15-9-7-14(20)8-10-15/h2-3,5-10,13H,4,11-12H2,1H3,(H,21,22)(H,23,24). The number of amides is 1. The van der Waals surface area contributed by atoms with Crippen molar-refractivity contribution in [2.24, 2.45) is 0 Å². The first-order valence-electron chi connectivity index (χ1n) is 8.12. The summed E-state index contributed by atoms with van der Waals surface area (Å²) in [5, 5.41) is 11.2. The van der Waals surface area contributed by atoms with Gasteiger partial charge in [-0.15, -0.1) is 11.8 Å². The van der Waals surface area contributed by atoms with E-state index in [4.69, 9.17) is 9.84 Å². The molecule has 0 saturated carbocycles. The number of hydrogen-bond acceptors (Lipinski definition) is 4. The molecule has 26 heavy (non-hydrogen) atoms. The van der Waals surface area contributed by atoms with E-state index in [0.29, 0.717) is 35.8 Å². The summed E-state index contributed by atoms with van der Waals surface area (Å²) >= 11 is 1.13. The van der Waals surface area contributed by atoms with Gasteiger partial charge in [0.2, 0.25) is 0 Å². The van der Waals surface area contributed by atoms with Gasteiger partial charge in [0.1, 0.15) is 16.8 Å². The van der Waals surface area contributed by atoms with E-state index in [9.17, 15) is 14.0 Å². The summed E-state index contributed by atoms with van der Waals surface area (Å²) in [5.41, 5.74) is 0.449. The van der Waals surface area contributed by atoms with E-state index in [-0.39, 0.29) is 11.7 Å². The second-order valence-corrected chi connectivity index (χ2v) is 6.89. The van der Waals surface area contributed by atoms with Gasteiger partial charge in [-0.2, -0.15) is 0 Å². The lowest BCUT2D eigenvalue weighted by Crippen LogP contribution is -2.26. The van der Waals surface area contributed by atoms with Crippen molar-refractivity contribution in [3.63, 3.8) is 0 Å². The molecule has 0 spiro atoms. The van der Waals surface area contributed by atoms with Crippen LogP contribution < -0.4 is 10.1 Å².